The molecule has 0 saturated heterocycles. The summed E-state index contributed by atoms with van der Waals surface area (Å²) in [5.41, 5.74) is 6.89. The number of hydrogen-bond donors (Lipinski definition) is 3. The van der Waals surface area contributed by atoms with Crippen LogP contribution >= 0.6 is 11.3 Å². The van der Waals surface area contributed by atoms with Crippen LogP contribution < -0.4 is 15.5 Å². The molecule has 12 heteroatoms. The molecule has 0 fully saturated rings. The summed E-state index contributed by atoms with van der Waals surface area (Å²) < 4.78 is 8.87. The van der Waals surface area contributed by atoms with Crippen LogP contribution in [0.25, 0.3) is 21.5 Å². The van der Waals surface area contributed by atoms with Crippen molar-refractivity contribution in [2.45, 2.75) is 20.4 Å². The lowest BCUT2D eigenvalue weighted by molar-refractivity contribution is 0.426. The Hall–Kier alpha value is -5.09. The fourth-order valence-electron chi connectivity index (χ4n) is 4.58. The zero-order valence-electron chi connectivity index (χ0n) is 22.7. The Balaban J connectivity index is 1.19. The summed E-state index contributed by atoms with van der Waals surface area (Å²) in [6.45, 7) is 4.33. The van der Waals surface area contributed by atoms with Gasteiger partial charge in [0.25, 0.3) is 0 Å². The van der Waals surface area contributed by atoms with Crippen molar-refractivity contribution in [2.24, 2.45) is 0 Å². The summed E-state index contributed by atoms with van der Waals surface area (Å²) in [6, 6.07) is 22.4. The third-order valence-corrected chi connectivity index (χ3v) is 7.55. The van der Waals surface area contributed by atoms with Gasteiger partial charge in [-0.3, -0.25) is 0 Å². The van der Waals surface area contributed by atoms with E-state index in [0.29, 0.717) is 35.1 Å². The molecule has 6 aromatic rings. The lowest BCUT2D eigenvalue weighted by Crippen LogP contribution is -2.29. The van der Waals surface area contributed by atoms with Gasteiger partial charge in [-0.1, -0.05) is 41.6 Å². The lowest BCUT2D eigenvalue weighted by atomic mass is 9.80. The number of thiophene rings is 1. The number of nitriles is 1. The fraction of sp³-hybridized carbons (Fsp3) is 0.100. The van der Waals surface area contributed by atoms with Gasteiger partial charge in [-0.15, -0.1) is 16.4 Å². The fourth-order valence-corrected chi connectivity index (χ4v) is 5.33. The van der Waals surface area contributed by atoms with E-state index in [9.17, 15) is 15.3 Å². The number of aryl methyl sites for hydroxylation is 2. The van der Waals surface area contributed by atoms with Crippen LogP contribution in [0.3, 0.4) is 0 Å². The maximum atomic E-state index is 9.28. The molecule has 0 aliphatic carbocycles. The molecular formula is C30H24BN7O3S. The van der Waals surface area contributed by atoms with Crippen molar-refractivity contribution >= 4 is 45.8 Å². The monoisotopic (exact) mass is 573 g/mol. The predicted octanol–water partition coefficient (Wildman–Crippen LogP) is 4.70. The molecule has 0 bridgehead atoms. The molecule has 6 rings (SSSR count). The molecule has 3 aromatic heterocycles. The molecule has 206 valence electrons. The highest BCUT2D eigenvalue weighted by Crippen LogP contribution is 2.36. The second-order valence-corrected chi connectivity index (χ2v) is 10.7. The van der Waals surface area contributed by atoms with Gasteiger partial charge in [0.15, 0.2) is 0 Å². The molecule has 42 heavy (non-hydrogen) atoms. The topological polar surface area (TPSA) is 142 Å². The van der Waals surface area contributed by atoms with Gasteiger partial charge in [-0.2, -0.15) is 10.2 Å². The van der Waals surface area contributed by atoms with E-state index in [1.807, 2.05) is 67.9 Å². The second-order valence-electron chi connectivity index (χ2n) is 9.76. The van der Waals surface area contributed by atoms with E-state index in [-0.39, 0.29) is 0 Å². The standard InChI is InChI=1S/C30H24BN7O3S/c1-18-13-21(15-32)14-19(2)27(18)41-29-28-25(11-12-42-28)34-30(35-29)33-24-9-5-22(6-10-24)26-17-38(37-36-26)16-20-3-7-23(8-4-20)31(39)40/h3-14,17,39-40H,16H2,1-2H3,(H,33,34,35). The van der Waals surface area contributed by atoms with Gasteiger partial charge in [0.1, 0.15) is 16.1 Å². The maximum Gasteiger partial charge on any atom is 0.488 e. The summed E-state index contributed by atoms with van der Waals surface area (Å²) in [6.07, 6.45) is 1.86. The zero-order valence-corrected chi connectivity index (χ0v) is 23.5. The number of anilines is 2. The van der Waals surface area contributed by atoms with Crippen LogP contribution in [0.15, 0.2) is 78.3 Å². The quantitative estimate of drug-likeness (QED) is 0.221. The number of nitrogens with one attached hydrogen (secondary N) is 1. The molecule has 0 saturated carbocycles. The normalized spacial score (nSPS) is 10.9. The third-order valence-electron chi connectivity index (χ3n) is 6.66. The van der Waals surface area contributed by atoms with Crippen molar-refractivity contribution in [3.8, 4) is 29.0 Å². The van der Waals surface area contributed by atoms with E-state index < -0.39 is 7.12 Å². The van der Waals surface area contributed by atoms with Gasteiger partial charge in [-0.25, -0.2) is 9.67 Å². The SMILES string of the molecule is Cc1cc(C#N)cc(C)c1Oc1nc(Nc2ccc(-c3cn(Cc4ccc(B(O)O)cc4)nn3)cc2)nc2ccsc12. The van der Waals surface area contributed by atoms with Gasteiger partial charge < -0.3 is 20.1 Å². The summed E-state index contributed by atoms with van der Waals surface area (Å²) in [7, 11) is -1.49. The first-order valence-corrected chi connectivity index (χ1v) is 13.9. The average molecular weight is 573 g/mol. The van der Waals surface area contributed by atoms with Gasteiger partial charge in [0.2, 0.25) is 11.8 Å². The smallest absolute Gasteiger partial charge is 0.437 e. The van der Waals surface area contributed by atoms with E-state index in [1.165, 1.54) is 11.3 Å². The van der Waals surface area contributed by atoms with Gasteiger partial charge in [-0.05, 0) is 71.7 Å². The number of fused-ring (bicyclic) bond motifs is 1. The van der Waals surface area contributed by atoms with Crippen molar-refractivity contribution < 1.29 is 14.8 Å². The third kappa shape index (κ3) is 5.70. The molecule has 0 spiro atoms. The van der Waals surface area contributed by atoms with Crippen LogP contribution in [0.2, 0.25) is 0 Å². The Morgan fingerprint density at radius 1 is 1.00 bits per heavy atom. The highest BCUT2D eigenvalue weighted by Gasteiger charge is 2.16. The lowest BCUT2D eigenvalue weighted by Gasteiger charge is -2.13. The van der Waals surface area contributed by atoms with Crippen LogP contribution in [-0.4, -0.2) is 42.1 Å². The minimum absolute atomic E-state index is 0.401. The highest BCUT2D eigenvalue weighted by atomic mass is 32.1. The maximum absolute atomic E-state index is 9.28. The van der Waals surface area contributed by atoms with Crippen molar-refractivity contribution in [1.82, 2.24) is 25.0 Å². The molecule has 0 radical (unpaired) electrons. The number of aromatic nitrogens is 5. The minimum Gasteiger partial charge on any atom is -0.437 e. The Morgan fingerprint density at radius 2 is 1.74 bits per heavy atom. The number of benzene rings is 3. The van der Waals surface area contributed by atoms with E-state index >= 15 is 0 Å². The van der Waals surface area contributed by atoms with E-state index in [1.54, 1.807) is 28.9 Å². The molecule has 0 amide bonds. The Kier molecular flexibility index (Phi) is 7.37. The molecule has 3 N–H and O–H groups in total. The average Bonchev–Trinajstić information content (AvgIpc) is 3.65. The predicted molar refractivity (Wildman–Crippen MR) is 162 cm³/mol. The Bertz CT molecular complexity index is 1910. The molecule has 0 atom stereocenters. The summed E-state index contributed by atoms with van der Waals surface area (Å²) in [5.74, 6) is 1.52. The number of ether oxygens (including phenoxy) is 1. The van der Waals surface area contributed by atoms with E-state index in [4.69, 9.17) is 4.74 Å². The highest BCUT2D eigenvalue weighted by molar-refractivity contribution is 7.17. The van der Waals surface area contributed by atoms with E-state index in [2.05, 4.69) is 31.7 Å². The number of rotatable bonds is 8. The van der Waals surface area contributed by atoms with Crippen LogP contribution in [0.1, 0.15) is 22.3 Å². The van der Waals surface area contributed by atoms with Crippen molar-refractivity contribution in [3.63, 3.8) is 0 Å². The zero-order chi connectivity index (χ0) is 29.2. The molecule has 3 aromatic carbocycles. The van der Waals surface area contributed by atoms with E-state index in [0.717, 1.165) is 43.9 Å². The molecule has 10 nitrogen and oxygen atoms in total. The Morgan fingerprint density at radius 3 is 2.43 bits per heavy atom. The molecule has 0 unspecified atom stereocenters. The molecule has 0 aliphatic rings. The van der Waals surface area contributed by atoms with Crippen molar-refractivity contribution in [1.29, 1.82) is 5.26 Å². The second kappa shape index (κ2) is 11.4. The molecule has 0 aliphatic heterocycles. The van der Waals surface area contributed by atoms with Gasteiger partial charge in [0.05, 0.1) is 29.9 Å². The van der Waals surface area contributed by atoms with Crippen LogP contribution in [-0.2, 0) is 6.54 Å². The summed E-state index contributed by atoms with van der Waals surface area (Å²) in [4.78, 5) is 9.33. The first kappa shape index (κ1) is 27.1. The Labute approximate surface area is 245 Å². The van der Waals surface area contributed by atoms with Crippen LogP contribution in [0.4, 0.5) is 11.6 Å². The molecule has 3 heterocycles. The summed E-state index contributed by atoms with van der Waals surface area (Å²) >= 11 is 1.51. The van der Waals surface area contributed by atoms with Crippen molar-refractivity contribution in [2.75, 3.05) is 5.32 Å². The number of hydrogen-bond acceptors (Lipinski definition) is 10. The van der Waals surface area contributed by atoms with Gasteiger partial charge >= 0.3 is 7.12 Å². The van der Waals surface area contributed by atoms with Crippen molar-refractivity contribution in [3.05, 3.63) is 101 Å². The molecular weight excluding hydrogens is 549 g/mol. The number of nitrogens with zero attached hydrogens (tertiary/aromatic N) is 6. The summed E-state index contributed by atoms with van der Waals surface area (Å²) in [5, 5.41) is 41.6. The van der Waals surface area contributed by atoms with Crippen LogP contribution in [0.5, 0.6) is 11.6 Å². The first-order valence-electron chi connectivity index (χ1n) is 13.0. The first-order chi connectivity index (χ1) is 20.4. The minimum atomic E-state index is -1.49. The van der Waals surface area contributed by atoms with Gasteiger partial charge in [0, 0.05) is 11.3 Å². The largest absolute Gasteiger partial charge is 0.488 e. The van der Waals surface area contributed by atoms with Crippen LogP contribution in [0, 0.1) is 25.2 Å².